The van der Waals surface area contributed by atoms with E-state index in [4.69, 9.17) is 9.47 Å². The molecule has 0 aliphatic carbocycles. The maximum atomic E-state index is 12.4. The van der Waals surface area contributed by atoms with Gasteiger partial charge in [0.1, 0.15) is 23.7 Å². The molecule has 0 aliphatic rings. The van der Waals surface area contributed by atoms with E-state index in [2.05, 4.69) is 10.3 Å². The number of hydrogen-bond acceptors (Lipinski definition) is 6. The van der Waals surface area contributed by atoms with E-state index in [-0.39, 0.29) is 23.8 Å². The van der Waals surface area contributed by atoms with E-state index in [0.29, 0.717) is 23.5 Å². The number of ether oxygens (including phenoxy) is 2. The number of aromatic nitrogens is 1. The van der Waals surface area contributed by atoms with Crippen LogP contribution < -0.4 is 14.8 Å². The Kier molecular flexibility index (Phi) is 6.23. The second-order valence-corrected chi connectivity index (χ2v) is 6.54. The van der Waals surface area contributed by atoms with Crippen molar-refractivity contribution < 1.29 is 24.2 Å². The van der Waals surface area contributed by atoms with Crippen LogP contribution in [0.1, 0.15) is 32.0 Å². The maximum Gasteiger partial charge on any atom is 0.339 e. The van der Waals surface area contributed by atoms with Gasteiger partial charge in [0, 0.05) is 17.5 Å². The summed E-state index contributed by atoms with van der Waals surface area (Å²) in [5, 5.41) is 13.9. The molecule has 3 aromatic rings. The molecule has 1 aromatic heterocycles. The molecule has 1 heterocycles. The number of rotatable bonds is 8. The molecule has 0 aliphatic heterocycles. The van der Waals surface area contributed by atoms with Crippen molar-refractivity contribution >= 4 is 23.2 Å². The summed E-state index contributed by atoms with van der Waals surface area (Å²) in [6, 6.07) is 11.6. The number of carboxylic acid groups (broad SMARTS) is 1. The van der Waals surface area contributed by atoms with E-state index in [0.717, 1.165) is 5.69 Å². The smallest absolute Gasteiger partial charge is 0.339 e. The van der Waals surface area contributed by atoms with Gasteiger partial charge in [-0.25, -0.2) is 9.78 Å². The minimum Gasteiger partial charge on any atom is -0.496 e. The lowest BCUT2D eigenvalue weighted by molar-refractivity contribution is 0.0693. The van der Waals surface area contributed by atoms with Gasteiger partial charge in [-0.15, -0.1) is 11.3 Å². The summed E-state index contributed by atoms with van der Waals surface area (Å²) < 4.78 is 10.7. The van der Waals surface area contributed by atoms with Crippen molar-refractivity contribution in [3.05, 3.63) is 75.7 Å². The van der Waals surface area contributed by atoms with Crippen LogP contribution in [0.5, 0.6) is 11.5 Å². The lowest BCUT2D eigenvalue weighted by Gasteiger charge is -2.10. The van der Waals surface area contributed by atoms with Crippen molar-refractivity contribution in [2.75, 3.05) is 7.11 Å². The van der Waals surface area contributed by atoms with Crippen molar-refractivity contribution in [3.63, 3.8) is 0 Å². The molecular weight excluding hydrogens is 380 g/mol. The predicted molar refractivity (Wildman–Crippen MR) is 104 cm³/mol. The van der Waals surface area contributed by atoms with Gasteiger partial charge in [-0.1, -0.05) is 12.1 Å². The van der Waals surface area contributed by atoms with E-state index in [1.165, 1.54) is 24.5 Å². The minimum absolute atomic E-state index is 0.0479. The van der Waals surface area contributed by atoms with Crippen molar-refractivity contribution in [3.8, 4) is 11.5 Å². The molecule has 0 saturated carbocycles. The van der Waals surface area contributed by atoms with Crippen LogP contribution in [-0.4, -0.2) is 29.1 Å². The molecule has 0 spiro atoms. The van der Waals surface area contributed by atoms with Gasteiger partial charge in [0.05, 0.1) is 18.3 Å². The number of carboxylic acids is 1. The van der Waals surface area contributed by atoms with Crippen LogP contribution in [0, 0.1) is 0 Å². The first kappa shape index (κ1) is 19.4. The molecule has 2 aromatic carbocycles. The summed E-state index contributed by atoms with van der Waals surface area (Å²) in [6.07, 6.45) is 0. The standard InChI is InChI=1S/C20H18N2O5S/c1-26-18-6-5-13(7-17(18)20(24)25)9-21-19(23)14-3-2-4-16(8-14)27-10-15-11-28-12-22-15/h2-8,11-12H,9-10H2,1H3,(H,21,23)(H,24,25). The first-order valence-electron chi connectivity index (χ1n) is 8.35. The van der Waals surface area contributed by atoms with Crippen molar-refractivity contribution in [2.45, 2.75) is 13.2 Å². The van der Waals surface area contributed by atoms with E-state index in [9.17, 15) is 14.7 Å². The Morgan fingerprint density at radius 3 is 2.79 bits per heavy atom. The van der Waals surface area contributed by atoms with Crippen molar-refractivity contribution in [2.24, 2.45) is 0 Å². The monoisotopic (exact) mass is 398 g/mol. The van der Waals surface area contributed by atoms with Gasteiger partial charge >= 0.3 is 5.97 Å². The Morgan fingerprint density at radius 2 is 2.07 bits per heavy atom. The fourth-order valence-electron chi connectivity index (χ4n) is 2.51. The molecule has 0 unspecified atom stereocenters. The first-order chi connectivity index (χ1) is 13.6. The van der Waals surface area contributed by atoms with E-state index in [1.807, 2.05) is 5.38 Å². The number of thiazole rings is 1. The van der Waals surface area contributed by atoms with Gasteiger partial charge < -0.3 is 19.9 Å². The Hall–Kier alpha value is -3.39. The lowest BCUT2D eigenvalue weighted by Crippen LogP contribution is -2.23. The van der Waals surface area contributed by atoms with Gasteiger partial charge in [0.15, 0.2) is 0 Å². The second kappa shape index (κ2) is 9.01. The average Bonchev–Trinajstić information content (AvgIpc) is 3.24. The summed E-state index contributed by atoms with van der Waals surface area (Å²) >= 11 is 1.49. The van der Waals surface area contributed by atoms with Gasteiger partial charge in [-0.2, -0.15) is 0 Å². The average molecular weight is 398 g/mol. The number of hydrogen-bond donors (Lipinski definition) is 2. The normalized spacial score (nSPS) is 10.3. The topological polar surface area (TPSA) is 97.8 Å². The molecule has 0 saturated heterocycles. The highest BCUT2D eigenvalue weighted by Gasteiger charge is 2.13. The molecule has 28 heavy (non-hydrogen) atoms. The molecule has 144 valence electrons. The van der Waals surface area contributed by atoms with Crippen LogP contribution in [0.4, 0.5) is 0 Å². The summed E-state index contributed by atoms with van der Waals surface area (Å²) in [6.45, 7) is 0.519. The third-order valence-electron chi connectivity index (χ3n) is 3.91. The Morgan fingerprint density at radius 1 is 1.21 bits per heavy atom. The third kappa shape index (κ3) is 4.86. The highest BCUT2D eigenvalue weighted by atomic mass is 32.1. The Balaban J connectivity index is 1.62. The summed E-state index contributed by atoms with van der Waals surface area (Å²) in [5.74, 6) is -0.535. The van der Waals surface area contributed by atoms with Crippen LogP contribution in [0.2, 0.25) is 0 Å². The van der Waals surface area contributed by atoms with Gasteiger partial charge in [0.25, 0.3) is 5.91 Å². The largest absolute Gasteiger partial charge is 0.496 e. The van der Waals surface area contributed by atoms with Crippen LogP contribution in [0.15, 0.2) is 53.4 Å². The molecule has 0 atom stereocenters. The molecular formula is C20H18N2O5S. The molecule has 0 fully saturated rings. The van der Waals surface area contributed by atoms with Crippen LogP contribution >= 0.6 is 11.3 Å². The van der Waals surface area contributed by atoms with Gasteiger partial charge in [-0.05, 0) is 35.9 Å². The second-order valence-electron chi connectivity index (χ2n) is 5.82. The summed E-state index contributed by atoms with van der Waals surface area (Å²) in [4.78, 5) is 27.9. The van der Waals surface area contributed by atoms with Crippen molar-refractivity contribution in [1.82, 2.24) is 10.3 Å². The maximum absolute atomic E-state index is 12.4. The Bertz CT molecular complexity index is 972. The van der Waals surface area contributed by atoms with Crippen molar-refractivity contribution in [1.29, 1.82) is 0 Å². The van der Waals surface area contributed by atoms with E-state index >= 15 is 0 Å². The fraction of sp³-hybridized carbons (Fsp3) is 0.150. The minimum atomic E-state index is -1.09. The number of methoxy groups -OCH3 is 1. The number of benzene rings is 2. The quantitative estimate of drug-likeness (QED) is 0.604. The zero-order chi connectivity index (χ0) is 19.9. The number of carbonyl (C=O) groups is 2. The summed E-state index contributed by atoms with van der Waals surface area (Å²) in [5.41, 5.74) is 3.71. The highest BCUT2D eigenvalue weighted by Crippen LogP contribution is 2.20. The van der Waals surface area contributed by atoms with E-state index in [1.54, 1.807) is 41.9 Å². The molecule has 1 amide bonds. The highest BCUT2D eigenvalue weighted by molar-refractivity contribution is 7.07. The molecule has 3 rings (SSSR count). The number of nitrogens with one attached hydrogen (secondary N) is 1. The predicted octanol–water partition coefficient (Wildman–Crippen LogP) is 3.36. The zero-order valence-corrected chi connectivity index (χ0v) is 15.9. The lowest BCUT2D eigenvalue weighted by atomic mass is 10.1. The first-order valence-corrected chi connectivity index (χ1v) is 9.29. The van der Waals surface area contributed by atoms with Crippen LogP contribution in [0.3, 0.4) is 0 Å². The number of amides is 1. The Labute approximate surface area is 165 Å². The van der Waals surface area contributed by atoms with Gasteiger partial charge in [-0.3, -0.25) is 4.79 Å². The SMILES string of the molecule is COc1ccc(CNC(=O)c2cccc(OCc3cscn3)c2)cc1C(=O)O. The molecule has 0 radical (unpaired) electrons. The molecule has 7 nitrogen and oxygen atoms in total. The molecule has 2 N–H and O–H groups in total. The molecule has 0 bridgehead atoms. The van der Waals surface area contributed by atoms with Crippen LogP contribution in [-0.2, 0) is 13.2 Å². The van der Waals surface area contributed by atoms with Crippen LogP contribution in [0.25, 0.3) is 0 Å². The summed E-state index contributed by atoms with van der Waals surface area (Å²) in [7, 11) is 1.41. The number of aromatic carboxylic acids is 1. The zero-order valence-electron chi connectivity index (χ0n) is 15.0. The van der Waals surface area contributed by atoms with Gasteiger partial charge in [0.2, 0.25) is 0 Å². The molecule has 8 heteroatoms. The third-order valence-corrected chi connectivity index (χ3v) is 4.55. The number of carbonyl (C=O) groups excluding carboxylic acids is 1. The number of nitrogens with zero attached hydrogens (tertiary/aromatic N) is 1. The van der Waals surface area contributed by atoms with E-state index < -0.39 is 5.97 Å². The fourth-order valence-corrected chi connectivity index (χ4v) is 3.05.